The molecule has 8 nitrogen and oxygen atoms in total. The maximum absolute atomic E-state index is 12.8. The summed E-state index contributed by atoms with van der Waals surface area (Å²) in [5.41, 5.74) is 2.92. The third kappa shape index (κ3) is 4.83. The van der Waals surface area contributed by atoms with E-state index in [-0.39, 0.29) is 17.3 Å². The number of carbonyl (C=O) groups is 1. The van der Waals surface area contributed by atoms with E-state index in [4.69, 9.17) is 4.74 Å². The lowest BCUT2D eigenvalue weighted by Crippen LogP contribution is -2.27. The van der Waals surface area contributed by atoms with Gasteiger partial charge in [-0.05, 0) is 23.8 Å². The summed E-state index contributed by atoms with van der Waals surface area (Å²) in [6, 6.07) is 21.8. The zero-order valence-corrected chi connectivity index (χ0v) is 19.0. The van der Waals surface area contributed by atoms with Gasteiger partial charge in [-0.15, -0.1) is 0 Å². The van der Waals surface area contributed by atoms with E-state index in [1.54, 1.807) is 25.1 Å². The van der Waals surface area contributed by atoms with Crippen LogP contribution in [0.4, 0.5) is 5.69 Å². The highest BCUT2D eigenvalue weighted by Crippen LogP contribution is 2.33. The van der Waals surface area contributed by atoms with E-state index >= 15 is 0 Å². The lowest BCUT2D eigenvalue weighted by Gasteiger charge is -2.17. The molecular formula is C24H22N4O4S. The Kier molecular flexibility index (Phi) is 6.60. The van der Waals surface area contributed by atoms with Gasteiger partial charge in [-0.25, -0.2) is 4.98 Å². The number of nitrogens with zero attached hydrogens (tertiary/aromatic N) is 4. The molecule has 0 aliphatic heterocycles. The van der Waals surface area contributed by atoms with E-state index < -0.39 is 4.92 Å². The van der Waals surface area contributed by atoms with Crippen LogP contribution in [0.2, 0.25) is 0 Å². The standard InChI is InChI=1S/C24H22N4O4S/c1-26(15-17-8-4-3-5-9-17)23(29)16-33-24-25-19-14-18(28(30)31)12-13-20(19)27(24)21-10-6-7-11-22(21)32-2/h3-14H,15-16H2,1-2H3. The maximum Gasteiger partial charge on any atom is 0.271 e. The predicted octanol–water partition coefficient (Wildman–Crippen LogP) is 4.69. The Morgan fingerprint density at radius 2 is 1.85 bits per heavy atom. The van der Waals surface area contributed by atoms with Gasteiger partial charge in [0, 0.05) is 25.7 Å². The van der Waals surface area contributed by atoms with Gasteiger partial charge in [0.25, 0.3) is 5.69 Å². The Morgan fingerprint density at radius 1 is 1.12 bits per heavy atom. The average molecular weight is 463 g/mol. The molecule has 0 fully saturated rings. The van der Waals surface area contributed by atoms with Crippen molar-refractivity contribution in [3.05, 3.63) is 88.5 Å². The molecule has 0 aliphatic rings. The molecule has 0 saturated carbocycles. The van der Waals surface area contributed by atoms with Gasteiger partial charge in [0.1, 0.15) is 5.75 Å². The number of nitro benzene ring substituents is 1. The number of hydrogen-bond donors (Lipinski definition) is 0. The number of rotatable bonds is 8. The lowest BCUT2D eigenvalue weighted by atomic mass is 10.2. The average Bonchev–Trinajstić information content (AvgIpc) is 3.20. The molecule has 0 bridgehead atoms. The fourth-order valence-electron chi connectivity index (χ4n) is 3.49. The van der Waals surface area contributed by atoms with Crippen molar-refractivity contribution in [3.8, 4) is 11.4 Å². The van der Waals surface area contributed by atoms with Crippen molar-refractivity contribution in [1.82, 2.24) is 14.5 Å². The molecule has 0 unspecified atom stereocenters. The number of fused-ring (bicyclic) bond motifs is 1. The number of imidazole rings is 1. The van der Waals surface area contributed by atoms with Gasteiger partial charge in [-0.2, -0.15) is 0 Å². The van der Waals surface area contributed by atoms with Gasteiger partial charge in [0.05, 0.1) is 34.5 Å². The van der Waals surface area contributed by atoms with E-state index in [1.807, 2.05) is 59.2 Å². The molecule has 4 aromatic rings. The van der Waals surface area contributed by atoms with Crippen LogP contribution >= 0.6 is 11.8 Å². The smallest absolute Gasteiger partial charge is 0.271 e. The first-order valence-electron chi connectivity index (χ1n) is 10.2. The maximum atomic E-state index is 12.8. The van der Waals surface area contributed by atoms with E-state index in [0.29, 0.717) is 28.5 Å². The first-order valence-corrected chi connectivity index (χ1v) is 11.2. The van der Waals surface area contributed by atoms with Crippen LogP contribution in [0.1, 0.15) is 5.56 Å². The fraction of sp³-hybridized carbons (Fsp3) is 0.167. The molecule has 0 atom stereocenters. The summed E-state index contributed by atoms with van der Waals surface area (Å²) in [6.07, 6.45) is 0. The van der Waals surface area contributed by atoms with E-state index in [0.717, 1.165) is 11.3 Å². The van der Waals surface area contributed by atoms with E-state index in [9.17, 15) is 14.9 Å². The van der Waals surface area contributed by atoms with E-state index in [2.05, 4.69) is 4.98 Å². The van der Waals surface area contributed by atoms with Crippen molar-refractivity contribution in [3.63, 3.8) is 0 Å². The second-order valence-electron chi connectivity index (χ2n) is 7.36. The highest BCUT2D eigenvalue weighted by molar-refractivity contribution is 7.99. The second kappa shape index (κ2) is 9.74. The minimum atomic E-state index is -0.448. The number of carbonyl (C=O) groups excluding carboxylic acids is 1. The Labute approximate surface area is 195 Å². The van der Waals surface area contributed by atoms with Crippen LogP contribution < -0.4 is 4.74 Å². The van der Waals surface area contributed by atoms with Gasteiger partial charge in [-0.3, -0.25) is 19.5 Å². The number of ether oxygens (including phenoxy) is 1. The summed E-state index contributed by atoms with van der Waals surface area (Å²) < 4.78 is 7.39. The third-order valence-electron chi connectivity index (χ3n) is 5.16. The Bertz CT molecular complexity index is 1310. The van der Waals surface area contributed by atoms with Crippen LogP contribution in [0, 0.1) is 10.1 Å². The Balaban J connectivity index is 1.66. The van der Waals surface area contributed by atoms with Crippen LogP contribution in [0.25, 0.3) is 16.7 Å². The number of benzene rings is 3. The lowest BCUT2D eigenvalue weighted by molar-refractivity contribution is -0.384. The Hall–Kier alpha value is -3.85. The first kappa shape index (κ1) is 22.3. The summed E-state index contributed by atoms with van der Waals surface area (Å²) in [6.45, 7) is 0.509. The summed E-state index contributed by atoms with van der Waals surface area (Å²) in [5, 5.41) is 11.8. The highest BCUT2D eigenvalue weighted by atomic mass is 32.2. The molecular weight excluding hydrogens is 440 g/mol. The van der Waals surface area contributed by atoms with Gasteiger partial charge in [0.2, 0.25) is 5.91 Å². The molecule has 1 aromatic heterocycles. The van der Waals surface area contributed by atoms with Gasteiger partial charge >= 0.3 is 0 Å². The number of para-hydroxylation sites is 2. The van der Waals surface area contributed by atoms with Crippen LogP contribution in [0.15, 0.2) is 78.0 Å². The zero-order chi connectivity index (χ0) is 23.4. The number of amides is 1. The minimum absolute atomic E-state index is 0.0394. The molecule has 0 aliphatic carbocycles. The van der Waals surface area contributed by atoms with Gasteiger partial charge < -0.3 is 9.64 Å². The first-order chi connectivity index (χ1) is 16.0. The molecule has 0 radical (unpaired) electrons. The summed E-state index contributed by atoms with van der Waals surface area (Å²) in [5.74, 6) is 0.752. The topological polar surface area (TPSA) is 90.5 Å². The molecule has 1 amide bonds. The fourth-order valence-corrected chi connectivity index (χ4v) is 4.45. The van der Waals surface area contributed by atoms with Crippen molar-refractivity contribution in [2.45, 2.75) is 11.7 Å². The predicted molar refractivity (Wildman–Crippen MR) is 128 cm³/mol. The number of methoxy groups -OCH3 is 1. The van der Waals surface area contributed by atoms with Crippen LogP contribution in [0.5, 0.6) is 5.75 Å². The minimum Gasteiger partial charge on any atom is -0.495 e. The number of aromatic nitrogens is 2. The number of thioether (sulfide) groups is 1. The SMILES string of the molecule is COc1ccccc1-n1c(SCC(=O)N(C)Cc2ccccc2)nc2cc([N+](=O)[O-])ccc21. The quantitative estimate of drug-likeness (QED) is 0.214. The normalized spacial score (nSPS) is 10.8. The number of nitro groups is 1. The van der Waals surface area contributed by atoms with Crippen LogP contribution in [-0.4, -0.2) is 45.2 Å². The molecule has 1 heterocycles. The molecule has 168 valence electrons. The van der Waals surface area contributed by atoms with Gasteiger partial charge in [-0.1, -0.05) is 54.2 Å². The monoisotopic (exact) mass is 462 g/mol. The summed E-state index contributed by atoms with van der Waals surface area (Å²) >= 11 is 1.28. The van der Waals surface area contributed by atoms with Crippen LogP contribution in [-0.2, 0) is 11.3 Å². The molecule has 4 rings (SSSR count). The highest BCUT2D eigenvalue weighted by Gasteiger charge is 2.20. The Morgan fingerprint density at radius 3 is 2.58 bits per heavy atom. The molecule has 0 saturated heterocycles. The van der Waals surface area contributed by atoms with Gasteiger partial charge in [0.15, 0.2) is 5.16 Å². The van der Waals surface area contributed by atoms with Crippen molar-refractivity contribution in [2.24, 2.45) is 0 Å². The van der Waals surface area contributed by atoms with Crippen molar-refractivity contribution >= 4 is 34.4 Å². The summed E-state index contributed by atoms with van der Waals surface area (Å²) in [7, 11) is 3.35. The zero-order valence-electron chi connectivity index (χ0n) is 18.2. The van der Waals surface area contributed by atoms with Crippen molar-refractivity contribution in [1.29, 1.82) is 0 Å². The third-order valence-corrected chi connectivity index (χ3v) is 6.08. The molecule has 0 spiro atoms. The molecule has 33 heavy (non-hydrogen) atoms. The van der Waals surface area contributed by atoms with Crippen LogP contribution in [0.3, 0.4) is 0 Å². The summed E-state index contributed by atoms with van der Waals surface area (Å²) in [4.78, 5) is 29.9. The molecule has 9 heteroatoms. The molecule has 0 N–H and O–H groups in total. The van der Waals surface area contributed by atoms with Crippen molar-refractivity contribution < 1.29 is 14.5 Å². The number of non-ortho nitro benzene ring substituents is 1. The second-order valence-corrected chi connectivity index (χ2v) is 8.30. The number of hydrogen-bond acceptors (Lipinski definition) is 6. The van der Waals surface area contributed by atoms with Crippen molar-refractivity contribution in [2.75, 3.05) is 19.9 Å². The largest absolute Gasteiger partial charge is 0.495 e. The van der Waals surface area contributed by atoms with E-state index in [1.165, 1.54) is 23.9 Å². The molecule has 3 aromatic carbocycles.